The Kier molecular flexibility index (Phi) is 5.23. The van der Waals surface area contributed by atoms with E-state index in [4.69, 9.17) is 9.97 Å². The molecule has 0 radical (unpaired) electrons. The van der Waals surface area contributed by atoms with Crippen LogP contribution in [0.4, 0.5) is 11.8 Å². The summed E-state index contributed by atoms with van der Waals surface area (Å²) in [7, 11) is 4.06. The second-order valence-electron chi connectivity index (χ2n) is 6.84. The average molecular weight is 411 g/mol. The summed E-state index contributed by atoms with van der Waals surface area (Å²) in [5.41, 5.74) is 3.04. The Morgan fingerprint density at radius 1 is 0.786 bits per heavy atom. The highest BCUT2D eigenvalue weighted by Crippen LogP contribution is 2.27. The zero-order valence-corrected chi connectivity index (χ0v) is 18.0. The molecule has 8 heteroatoms. The molecule has 0 N–H and O–H groups in total. The van der Waals surface area contributed by atoms with E-state index in [0.717, 1.165) is 38.1 Å². The molecule has 3 heterocycles. The quantitative estimate of drug-likeness (QED) is 0.469. The molecule has 144 valence electrons. The Balaban J connectivity index is 1.68. The predicted molar refractivity (Wildman–Crippen MR) is 117 cm³/mol. The van der Waals surface area contributed by atoms with Gasteiger partial charge in [0.25, 0.3) is 0 Å². The summed E-state index contributed by atoms with van der Waals surface area (Å²) in [6.45, 7) is 5.44. The van der Waals surface area contributed by atoms with Crippen molar-refractivity contribution in [3.63, 3.8) is 0 Å². The van der Waals surface area contributed by atoms with E-state index in [0.29, 0.717) is 19.0 Å². The molecule has 0 saturated carbocycles. The van der Waals surface area contributed by atoms with Crippen molar-refractivity contribution in [2.45, 2.75) is 26.9 Å². The molecule has 0 bridgehead atoms. The lowest BCUT2D eigenvalue weighted by atomic mass is 10.2. The van der Waals surface area contributed by atoms with Crippen molar-refractivity contribution in [2.24, 2.45) is 0 Å². The number of aryl methyl sites for hydroxylation is 2. The fraction of sp³-hybridized carbons (Fsp3) is 0.300. The van der Waals surface area contributed by atoms with E-state index >= 15 is 0 Å². The highest BCUT2D eigenvalue weighted by Gasteiger charge is 2.16. The summed E-state index contributed by atoms with van der Waals surface area (Å²) in [5.74, 6) is 1.61. The zero-order valence-electron chi connectivity index (χ0n) is 16.4. The Morgan fingerprint density at radius 2 is 1.39 bits per heavy atom. The van der Waals surface area contributed by atoms with Crippen LogP contribution >= 0.6 is 22.7 Å². The molecule has 0 fully saturated rings. The normalized spacial score (nSPS) is 11.1. The first-order valence-corrected chi connectivity index (χ1v) is 10.8. The van der Waals surface area contributed by atoms with Gasteiger partial charge in [0.1, 0.15) is 15.8 Å². The first kappa shape index (κ1) is 18.8. The van der Waals surface area contributed by atoms with Gasteiger partial charge < -0.3 is 9.80 Å². The van der Waals surface area contributed by atoms with Crippen LogP contribution in [0.2, 0.25) is 0 Å². The number of para-hydroxylation sites is 1. The first-order valence-electron chi connectivity index (χ1n) is 9.00. The largest absolute Gasteiger partial charge is 0.352 e. The summed E-state index contributed by atoms with van der Waals surface area (Å²) < 4.78 is 0. The molecule has 3 aromatic heterocycles. The zero-order chi connectivity index (χ0) is 19.7. The van der Waals surface area contributed by atoms with Gasteiger partial charge >= 0.3 is 0 Å². The Hall–Kier alpha value is -2.58. The maximum Gasteiger partial charge on any atom is 0.228 e. The lowest BCUT2D eigenvalue weighted by Gasteiger charge is -2.22. The molecular weight excluding hydrogens is 388 g/mol. The van der Waals surface area contributed by atoms with E-state index < -0.39 is 0 Å². The SMILES string of the molecule is Cc1csc(CN(C)c2nc(N(C)Cc3nc(C)cs3)c3ccccc3n2)n1. The number of fused-ring (bicyclic) bond motifs is 1. The predicted octanol–water partition coefficient (Wildman–Crippen LogP) is 4.43. The van der Waals surface area contributed by atoms with Crippen LogP contribution in [0.25, 0.3) is 10.9 Å². The van der Waals surface area contributed by atoms with Crippen molar-refractivity contribution in [2.75, 3.05) is 23.9 Å². The van der Waals surface area contributed by atoms with Crippen molar-refractivity contribution < 1.29 is 0 Å². The van der Waals surface area contributed by atoms with Gasteiger partial charge in [-0.25, -0.2) is 15.0 Å². The summed E-state index contributed by atoms with van der Waals surface area (Å²) in [6, 6.07) is 8.14. The average Bonchev–Trinajstić information content (AvgIpc) is 3.28. The van der Waals surface area contributed by atoms with Gasteiger partial charge in [-0.05, 0) is 26.0 Å². The lowest BCUT2D eigenvalue weighted by Crippen LogP contribution is -2.23. The Bertz CT molecular complexity index is 1100. The molecule has 0 spiro atoms. The highest BCUT2D eigenvalue weighted by molar-refractivity contribution is 7.09. The fourth-order valence-corrected chi connectivity index (χ4v) is 4.66. The molecular formula is C20H22N6S2. The Morgan fingerprint density at radius 3 is 2.00 bits per heavy atom. The maximum atomic E-state index is 4.90. The molecule has 0 aliphatic carbocycles. The molecule has 0 atom stereocenters. The van der Waals surface area contributed by atoms with Gasteiger partial charge in [-0.3, -0.25) is 0 Å². The van der Waals surface area contributed by atoms with Crippen molar-refractivity contribution in [1.29, 1.82) is 0 Å². The van der Waals surface area contributed by atoms with E-state index in [-0.39, 0.29) is 0 Å². The van der Waals surface area contributed by atoms with E-state index in [2.05, 4.69) is 43.6 Å². The third-order valence-electron chi connectivity index (χ3n) is 4.35. The smallest absolute Gasteiger partial charge is 0.228 e. The molecule has 28 heavy (non-hydrogen) atoms. The van der Waals surface area contributed by atoms with Gasteiger partial charge in [0, 0.05) is 41.6 Å². The van der Waals surface area contributed by atoms with Crippen LogP contribution < -0.4 is 9.80 Å². The molecule has 4 aromatic rings. The monoisotopic (exact) mass is 410 g/mol. The first-order chi connectivity index (χ1) is 13.5. The summed E-state index contributed by atoms with van der Waals surface area (Å²) in [5, 5.41) is 7.33. The van der Waals surface area contributed by atoms with Crippen LogP contribution in [0.1, 0.15) is 21.4 Å². The van der Waals surface area contributed by atoms with Crippen molar-refractivity contribution in [3.8, 4) is 0 Å². The molecule has 1 aromatic carbocycles. The van der Waals surface area contributed by atoms with Gasteiger partial charge in [0.2, 0.25) is 5.95 Å². The molecule has 0 aliphatic rings. The molecule has 0 amide bonds. The minimum atomic E-state index is 0.686. The number of benzene rings is 1. The number of hydrogen-bond donors (Lipinski definition) is 0. The molecule has 0 saturated heterocycles. The van der Waals surface area contributed by atoms with Crippen LogP contribution in [0, 0.1) is 13.8 Å². The molecule has 0 unspecified atom stereocenters. The third-order valence-corrected chi connectivity index (χ3v) is 6.26. The van der Waals surface area contributed by atoms with Gasteiger partial charge in [0.15, 0.2) is 0 Å². The summed E-state index contributed by atoms with van der Waals surface area (Å²) in [6.07, 6.45) is 0. The van der Waals surface area contributed by atoms with Crippen molar-refractivity contribution in [1.82, 2.24) is 19.9 Å². The van der Waals surface area contributed by atoms with E-state index in [1.807, 2.05) is 39.1 Å². The van der Waals surface area contributed by atoms with Crippen LogP contribution in [0.15, 0.2) is 35.0 Å². The van der Waals surface area contributed by atoms with Gasteiger partial charge in [-0.15, -0.1) is 22.7 Å². The van der Waals surface area contributed by atoms with Crippen LogP contribution in [-0.4, -0.2) is 34.0 Å². The lowest BCUT2D eigenvalue weighted by molar-refractivity contribution is 0.841. The van der Waals surface area contributed by atoms with E-state index in [1.165, 1.54) is 0 Å². The number of rotatable bonds is 6. The van der Waals surface area contributed by atoms with Crippen LogP contribution in [0.5, 0.6) is 0 Å². The van der Waals surface area contributed by atoms with Crippen molar-refractivity contribution in [3.05, 3.63) is 56.4 Å². The molecule has 4 rings (SSSR count). The minimum absolute atomic E-state index is 0.686. The Labute approximate surface area is 172 Å². The molecule has 0 aliphatic heterocycles. The third kappa shape index (κ3) is 3.98. The highest BCUT2D eigenvalue weighted by atomic mass is 32.1. The summed E-state index contributed by atoms with van der Waals surface area (Å²) in [4.78, 5) is 23.0. The van der Waals surface area contributed by atoms with Crippen molar-refractivity contribution >= 4 is 45.3 Å². The number of hydrogen-bond acceptors (Lipinski definition) is 8. The number of nitrogens with zero attached hydrogens (tertiary/aromatic N) is 6. The second-order valence-corrected chi connectivity index (χ2v) is 8.73. The topological polar surface area (TPSA) is 58.0 Å². The van der Waals surface area contributed by atoms with Gasteiger partial charge in [0.05, 0.1) is 18.6 Å². The molecule has 6 nitrogen and oxygen atoms in total. The second kappa shape index (κ2) is 7.81. The number of thiazole rings is 2. The minimum Gasteiger partial charge on any atom is -0.352 e. The number of aromatic nitrogens is 4. The van der Waals surface area contributed by atoms with E-state index in [9.17, 15) is 0 Å². The summed E-state index contributed by atoms with van der Waals surface area (Å²) >= 11 is 3.34. The number of anilines is 2. The fourth-order valence-electron chi connectivity index (χ4n) is 3.01. The van der Waals surface area contributed by atoms with Crippen LogP contribution in [-0.2, 0) is 13.1 Å². The maximum absolute atomic E-state index is 4.90. The standard InChI is InChI=1S/C20H22N6S2/c1-13-11-27-17(21-13)9-25(3)19-15-7-5-6-8-16(15)23-20(24-19)26(4)10-18-22-14(2)12-28-18/h5-8,11-12H,9-10H2,1-4H3. The van der Waals surface area contributed by atoms with Crippen LogP contribution in [0.3, 0.4) is 0 Å². The van der Waals surface area contributed by atoms with E-state index in [1.54, 1.807) is 22.7 Å². The van der Waals surface area contributed by atoms with Gasteiger partial charge in [-0.2, -0.15) is 4.98 Å². The van der Waals surface area contributed by atoms with Gasteiger partial charge in [-0.1, -0.05) is 12.1 Å².